The first-order valence-corrected chi connectivity index (χ1v) is 7.98. The molecule has 1 fully saturated rings. The van der Waals surface area contributed by atoms with Crippen LogP contribution < -0.4 is 4.90 Å². The fraction of sp³-hybridized carbons (Fsp3) is 0.636. The van der Waals surface area contributed by atoms with Gasteiger partial charge in [-0.2, -0.15) is 0 Å². The van der Waals surface area contributed by atoms with Crippen LogP contribution in [0.3, 0.4) is 0 Å². The maximum atomic E-state index is 11.6. The summed E-state index contributed by atoms with van der Waals surface area (Å²) in [5.41, 5.74) is 0.799. The molecule has 0 radical (unpaired) electrons. The van der Waals surface area contributed by atoms with Gasteiger partial charge in [0.15, 0.2) is 9.84 Å². The van der Waals surface area contributed by atoms with Crippen LogP contribution in [-0.2, 0) is 9.84 Å². The van der Waals surface area contributed by atoms with Gasteiger partial charge in [-0.25, -0.2) is 18.4 Å². The SMILES string of the molecule is Cc1nc(Cl)c(C)c(N2CCS(=O)(=O)CC2C)n1. The van der Waals surface area contributed by atoms with Crippen LogP contribution in [0, 0.1) is 13.8 Å². The first-order chi connectivity index (χ1) is 8.30. The zero-order valence-corrected chi connectivity index (χ0v) is 12.2. The van der Waals surface area contributed by atoms with Crippen molar-refractivity contribution in [2.75, 3.05) is 23.0 Å². The van der Waals surface area contributed by atoms with E-state index >= 15 is 0 Å². The fourth-order valence-corrected chi connectivity index (χ4v) is 3.94. The van der Waals surface area contributed by atoms with Crippen LogP contribution in [-0.4, -0.2) is 42.5 Å². The lowest BCUT2D eigenvalue weighted by atomic mass is 10.2. The van der Waals surface area contributed by atoms with Gasteiger partial charge in [0, 0.05) is 18.2 Å². The van der Waals surface area contributed by atoms with Crippen LogP contribution in [0.5, 0.6) is 0 Å². The minimum Gasteiger partial charge on any atom is -0.351 e. The Morgan fingerprint density at radius 1 is 1.33 bits per heavy atom. The molecule has 1 unspecified atom stereocenters. The number of anilines is 1. The molecule has 2 rings (SSSR count). The molecule has 1 aromatic rings. The molecule has 0 aliphatic carbocycles. The minimum atomic E-state index is -2.92. The van der Waals surface area contributed by atoms with Crippen molar-refractivity contribution >= 4 is 27.3 Å². The molecule has 0 aromatic carbocycles. The summed E-state index contributed by atoms with van der Waals surface area (Å²) in [7, 11) is -2.92. The summed E-state index contributed by atoms with van der Waals surface area (Å²) in [4.78, 5) is 10.5. The molecular weight excluding hydrogens is 274 g/mol. The van der Waals surface area contributed by atoms with E-state index in [9.17, 15) is 8.42 Å². The number of aryl methyl sites for hydroxylation is 1. The highest BCUT2D eigenvalue weighted by molar-refractivity contribution is 7.91. The quantitative estimate of drug-likeness (QED) is 0.731. The number of hydrogen-bond acceptors (Lipinski definition) is 5. The van der Waals surface area contributed by atoms with Crippen LogP contribution >= 0.6 is 11.6 Å². The number of hydrogen-bond donors (Lipinski definition) is 0. The van der Waals surface area contributed by atoms with Gasteiger partial charge in [-0.1, -0.05) is 11.6 Å². The maximum Gasteiger partial charge on any atom is 0.154 e. The highest BCUT2D eigenvalue weighted by Crippen LogP contribution is 2.27. The molecule has 0 bridgehead atoms. The lowest BCUT2D eigenvalue weighted by Crippen LogP contribution is -2.47. The lowest BCUT2D eigenvalue weighted by molar-refractivity contribution is 0.566. The molecule has 0 spiro atoms. The summed E-state index contributed by atoms with van der Waals surface area (Å²) in [6.07, 6.45) is 0. The van der Waals surface area contributed by atoms with Crippen LogP contribution in [0.1, 0.15) is 18.3 Å². The number of rotatable bonds is 1. The molecular formula is C11H16ClN3O2S. The molecule has 0 amide bonds. The van der Waals surface area contributed by atoms with Gasteiger partial charge >= 0.3 is 0 Å². The maximum absolute atomic E-state index is 11.6. The van der Waals surface area contributed by atoms with Crippen molar-refractivity contribution in [2.45, 2.75) is 26.8 Å². The van der Waals surface area contributed by atoms with E-state index < -0.39 is 9.84 Å². The van der Waals surface area contributed by atoms with E-state index in [1.54, 1.807) is 6.92 Å². The number of nitrogens with zero attached hydrogens (tertiary/aromatic N) is 3. The van der Waals surface area contributed by atoms with Crippen molar-refractivity contribution in [3.05, 3.63) is 16.5 Å². The van der Waals surface area contributed by atoms with Crippen LogP contribution in [0.25, 0.3) is 0 Å². The van der Waals surface area contributed by atoms with E-state index in [0.717, 1.165) is 11.4 Å². The number of halogens is 1. The van der Waals surface area contributed by atoms with E-state index in [4.69, 9.17) is 11.6 Å². The summed E-state index contributed by atoms with van der Waals surface area (Å²) in [5, 5.41) is 0.429. The van der Waals surface area contributed by atoms with Gasteiger partial charge in [0.25, 0.3) is 0 Å². The van der Waals surface area contributed by atoms with Gasteiger partial charge in [0.2, 0.25) is 0 Å². The summed E-state index contributed by atoms with van der Waals surface area (Å²) in [6.45, 7) is 5.98. The first-order valence-electron chi connectivity index (χ1n) is 5.78. The average molecular weight is 290 g/mol. The van der Waals surface area contributed by atoms with Crippen molar-refractivity contribution in [3.8, 4) is 0 Å². The first kappa shape index (κ1) is 13.5. The Bertz CT molecular complexity index is 574. The van der Waals surface area contributed by atoms with E-state index in [1.165, 1.54) is 0 Å². The van der Waals surface area contributed by atoms with Crippen molar-refractivity contribution in [3.63, 3.8) is 0 Å². The van der Waals surface area contributed by atoms with Gasteiger partial charge in [-0.3, -0.25) is 0 Å². The molecule has 0 N–H and O–H groups in total. The fourth-order valence-electron chi connectivity index (χ4n) is 2.17. The highest BCUT2D eigenvalue weighted by atomic mass is 35.5. The lowest BCUT2D eigenvalue weighted by Gasteiger charge is -2.35. The molecule has 5 nitrogen and oxygen atoms in total. The van der Waals surface area contributed by atoms with E-state index in [0.29, 0.717) is 17.5 Å². The molecule has 100 valence electrons. The topological polar surface area (TPSA) is 63.2 Å². The molecule has 1 aliphatic rings. The number of aromatic nitrogens is 2. The second-order valence-corrected chi connectivity index (χ2v) is 7.25. The molecule has 1 saturated heterocycles. The summed E-state index contributed by atoms with van der Waals surface area (Å²) >= 11 is 6.05. The van der Waals surface area contributed by atoms with Crippen molar-refractivity contribution in [2.24, 2.45) is 0 Å². The van der Waals surface area contributed by atoms with Gasteiger partial charge in [-0.05, 0) is 20.8 Å². The second-order valence-electron chi connectivity index (χ2n) is 4.67. The Morgan fingerprint density at radius 2 is 2.00 bits per heavy atom. The highest BCUT2D eigenvalue weighted by Gasteiger charge is 2.30. The Labute approximate surface area is 112 Å². The van der Waals surface area contributed by atoms with Crippen LogP contribution in [0.15, 0.2) is 0 Å². The van der Waals surface area contributed by atoms with Gasteiger partial charge < -0.3 is 4.90 Å². The molecule has 1 aromatic heterocycles. The largest absolute Gasteiger partial charge is 0.351 e. The minimum absolute atomic E-state index is 0.0900. The predicted molar refractivity (Wildman–Crippen MR) is 72.0 cm³/mol. The molecule has 2 heterocycles. The Hall–Kier alpha value is -0.880. The molecule has 1 atom stereocenters. The molecule has 0 saturated carbocycles. The zero-order valence-electron chi connectivity index (χ0n) is 10.6. The summed E-state index contributed by atoms with van der Waals surface area (Å²) < 4.78 is 23.1. The Morgan fingerprint density at radius 3 is 2.61 bits per heavy atom. The second kappa shape index (κ2) is 4.66. The number of sulfone groups is 1. The van der Waals surface area contributed by atoms with Gasteiger partial charge in [-0.15, -0.1) is 0 Å². The van der Waals surface area contributed by atoms with Crippen molar-refractivity contribution in [1.82, 2.24) is 9.97 Å². The third-order valence-corrected chi connectivity index (χ3v) is 5.28. The Balaban J connectivity index is 2.38. The summed E-state index contributed by atoms with van der Waals surface area (Å²) in [5.74, 6) is 1.67. The predicted octanol–water partition coefficient (Wildman–Crippen LogP) is 1.37. The normalized spacial score (nSPS) is 23.1. The van der Waals surface area contributed by atoms with Crippen LogP contribution in [0.4, 0.5) is 5.82 Å². The van der Waals surface area contributed by atoms with E-state index in [2.05, 4.69) is 9.97 Å². The monoisotopic (exact) mass is 289 g/mol. The molecule has 18 heavy (non-hydrogen) atoms. The van der Waals surface area contributed by atoms with E-state index in [-0.39, 0.29) is 17.5 Å². The van der Waals surface area contributed by atoms with E-state index in [1.807, 2.05) is 18.7 Å². The average Bonchev–Trinajstić information content (AvgIpc) is 2.23. The van der Waals surface area contributed by atoms with Crippen LogP contribution in [0.2, 0.25) is 5.15 Å². The molecule has 7 heteroatoms. The third kappa shape index (κ3) is 2.59. The van der Waals surface area contributed by atoms with Crippen molar-refractivity contribution in [1.29, 1.82) is 0 Å². The Kier molecular flexibility index (Phi) is 3.51. The van der Waals surface area contributed by atoms with Gasteiger partial charge in [0.1, 0.15) is 16.8 Å². The standard InChI is InChI=1S/C11H16ClN3O2S/c1-7-6-18(16,17)5-4-15(7)11-8(2)10(12)13-9(3)14-11/h7H,4-6H2,1-3H3. The third-order valence-electron chi connectivity index (χ3n) is 3.11. The summed E-state index contributed by atoms with van der Waals surface area (Å²) in [6, 6.07) is -0.0900. The zero-order chi connectivity index (χ0) is 13.5. The van der Waals surface area contributed by atoms with Gasteiger partial charge in [0.05, 0.1) is 11.5 Å². The van der Waals surface area contributed by atoms with Crippen molar-refractivity contribution < 1.29 is 8.42 Å². The molecule has 1 aliphatic heterocycles. The smallest absolute Gasteiger partial charge is 0.154 e.